The fourth-order valence-corrected chi connectivity index (χ4v) is 4.84. The molecule has 2 aromatic heterocycles. The van der Waals surface area contributed by atoms with Crippen LogP contribution in [0, 0.1) is 0 Å². The molecule has 9 nitrogen and oxygen atoms in total. The van der Waals surface area contributed by atoms with Crippen molar-refractivity contribution in [2.75, 3.05) is 12.8 Å². The number of sulfone groups is 1. The first-order valence-electron chi connectivity index (χ1n) is 10.4. The minimum Gasteiger partial charge on any atom is -0.414 e. The number of nitrogens with zero attached hydrogens (tertiary/aromatic N) is 4. The number of nitrogens with two attached hydrogens (primary N) is 1. The lowest BCUT2D eigenvalue weighted by atomic mass is 10.1. The van der Waals surface area contributed by atoms with E-state index in [0.29, 0.717) is 17.1 Å². The molecule has 0 fully saturated rings. The Morgan fingerprint density at radius 2 is 1.74 bits per heavy atom. The molecule has 34 heavy (non-hydrogen) atoms. The summed E-state index contributed by atoms with van der Waals surface area (Å²) in [5, 5.41) is 10.8. The molecule has 0 aliphatic rings. The number of hydrogen-bond donors (Lipinski definition) is 2. The SMILES string of the molecule is CNCc1ccc(-c2nnc(-c3nc(-c4ccc(S(=O)(=O)C(C)C)c(Cl)c4)cnc3N)o2)cc1. The lowest BCUT2D eigenvalue weighted by molar-refractivity contribution is 0.582. The third-order valence-corrected chi connectivity index (χ3v) is 7.80. The summed E-state index contributed by atoms with van der Waals surface area (Å²) in [6, 6.07) is 12.3. The number of anilines is 1. The first-order valence-corrected chi connectivity index (χ1v) is 12.4. The minimum absolute atomic E-state index is 0.0684. The second-order valence-corrected chi connectivity index (χ2v) is 10.7. The normalized spacial score (nSPS) is 11.8. The molecule has 0 atom stereocenters. The Labute approximate surface area is 202 Å². The number of rotatable bonds is 7. The third kappa shape index (κ3) is 4.65. The molecule has 4 rings (SSSR count). The van der Waals surface area contributed by atoms with Crippen molar-refractivity contribution >= 4 is 27.3 Å². The van der Waals surface area contributed by atoms with Crippen LogP contribution in [0.2, 0.25) is 5.02 Å². The van der Waals surface area contributed by atoms with Gasteiger partial charge < -0.3 is 15.5 Å². The van der Waals surface area contributed by atoms with Crippen molar-refractivity contribution < 1.29 is 12.8 Å². The predicted molar refractivity (Wildman–Crippen MR) is 131 cm³/mol. The van der Waals surface area contributed by atoms with E-state index in [4.69, 9.17) is 21.8 Å². The molecule has 2 aromatic carbocycles. The summed E-state index contributed by atoms with van der Waals surface area (Å²) < 4.78 is 30.8. The zero-order valence-electron chi connectivity index (χ0n) is 18.8. The number of nitrogen functional groups attached to an aromatic ring is 1. The van der Waals surface area contributed by atoms with Gasteiger partial charge in [0.15, 0.2) is 21.3 Å². The highest BCUT2D eigenvalue weighted by Gasteiger charge is 2.23. The Morgan fingerprint density at radius 1 is 1.06 bits per heavy atom. The van der Waals surface area contributed by atoms with E-state index in [2.05, 4.69) is 25.5 Å². The molecular weight excluding hydrogens is 476 g/mol. The Hall–Kier alpha value is -3.34. The zero-order chi connectivity index (χ0) is 24.5. The number of nitrogens with one attached hydrogen (secondary N) is 1. The maximum absolute atomic E-state index is 12.5. The Balaban J connectivity index is 1.67. The van der Waals surface area contributed by atoms with E-state index in [1.54, 1.807) is 19.9 Å². The molecule has 0 saturated carbocycles. The van der Waals surface area contributed by atoms with E-state index in [0.717, 1.165) is 17.7 Å². The standard InChI is InChI=1S/C23H23ClN6O3S/c1-13(2)34(31,32)19-9-8-16(10-17(19)24)18-12-27-21(25)20(28-18)23-30-29-22(33-23)15-6-4-14(5-7-15)11-26-3/h4-10,12-13,26H,11H2,1-3H3,(H2,25,27). The van der Waals surface area contributed by atoms with Gasteiger partial charge in [0.05, 0.1) is 27.1 Å². The second kappa shape index (κ2) is 9.49. The first kappa shape index (κ1) is 23.8. The summed E-state index contributed by atoms with van der Waals surface area (Å²) in [6.45, 7) is 3.96. The molecule has 176 valence electrons. The van der Waals surface area contributed by atoms with Gasteiger partial charge in [0.2, 0.25) is 5.89 Å². The van der Waals surface area contributed by atoms with E-state index in [1.807, 2.05) is 31.3 Å². The smallest absolute Gasteiger partial charge is 0.270 e. The first-order chi connectivity index (χ1) is 16.2. The molecule has 4 aromatic rings. The maximum Gasteiger partial charge on any atom is 0.270 e. The summed E-state index contributed by atoms with van der Waals surface area (Å²) in [7, 11) is -1.64. The van der Waals surface area contributed by atoms with Crippen molar-refractivity contribution in [1.82, 2.24) is 25.5 Å². The molecule has 3 N–H and O–H groups in total. The minimum atomic E-state index is -3.52. The average molecular weight is 499 g/mol. The molecule has 2 heterocycles. The van der Waals surface area contributed by atoms with Crippen LogP contribution in [0.1, 0.15) is 19.4 Å². The van der Waals surface area contributed by atoms with Crippen LogP contribution in [0.4, 0.5) is 5.82 Å². The number of hydrogen-bond acceptors (Lipinski definition) is 9. The summed E-state index contributed by atoms with van der Waals surface area (Å²) in [4.78, 5) is 8.79. The van der Waals surface area contributed by atoms with E-state index >= 15 is 0 Å². The van der Waals surface area contributed by atoms with Crippen molar-refractivity contribution in [2.24, 2.45) is 0 Å². The number of halogens is 1. The van der Waals surface area contributed by atoms with E-state index < -0.39 is 15.1 Å². The monoisotopic (exact) mass is 498 g/mol. The number of aromatic nitrogens is 4. The van der Waals surface area contributed by atoms with Crippen molar-refractivity contribution in [3.63, 3.8) is 0 Å². The molecule has 0 saturated heterocycles. The average Bonchev–Trinajstić information content (AvgIpc) is 3.30. The van der Waals surface area contributed by atoms with Crippen LogP contribution in [0.25, 0.3) is 34.3 Å². The lowest BCUT2D eigenvalue weighted by Gasteiger charge is -2.11. The fourth-order valence-electron chi connectivity index (χ4n) is 3.24. The molecule has 0 bridgehead atoms. The third-order valence-electron chi connectivity index (χ3n) is 5.16. The van der Waals surface area contributed by atoms with Crippen LogP contribution in [-0.4, -0.2) is 40.9 Å². The maximum atomic E-state index is 12.5. The summed E-state index contributed by atoms with van der Waals surface area (Å²) in [6.07, 6.45) is 1.47. The van der Waals surface area contributed by atoms with Gasteiger partial charge >= 0.3 is 0 Å². The van der Waals surface area contributed by atoms with Gasteiger partial charge in [0.25, 0.3) is 5.89 Å². The van der Waals surface area contributed by atoms with E-state index in [-0.39, 0.29) is 27.3 Å². The summed E-state index contributed by atoms with van der Waals surface area (Å²) in [5.74, 6) is 0.559. The van der Waals surface area contributed by atoms with Gasteiger partial charge in [0, 0.05) is 17.7 Å². The molecule has 11 heteroatoms. The molecule has 0 aliphatic carbocycles. The van der Waals surface area contributed by atoms with Crippen LogP contribution in [0.5, 0.6) is 0 Å². The largest absolute Gasteiger partial charge is 0.414 e. The zero-order valence-corrected chi connectivity index (χ0v) is 20.4. The van der Waals surface area contributed by atoms with Crippen LogP contribution < -0.4 is 11.1 Å². The van der Waals surface area contributed by atoms with Crippen molar-refractivity contribution in [3.05, 3.63) is 59.2 Å². The van der Waals surface area contributed by atoms with Gasteiger partial charge in [-0.2, -0.15) is 0 Å². The van der Waals surface area contributed by atoms with Crippen molar-refractivity contribution in [2.45, 2.75) is 30.5 Å². The van der Waals surface area contributed by atoms with Crippen LogP contribution >= 0.6 is 11.6 Å². The molecule has 0 unspecified atom stereocenters. The van der Waals surface area contributed by atoms with Gasteiger partial charge in [-0.05, 0) is 50.7 Å². The quantitative estimate of drug-likeness (QED) is 0.387. The van der Waals surface area contributed by atoms with Gasteiger partial charge in [-0.25, -0.2) is 18.4 Å². The highest BCUT2D eigenvalue weighted by Crippen LogP contribution is 2.32. The lowest BCUT2D eigenvalue weighted by Crippen LogP contribution is -2.14. The van der Waals surface area contributed by atoms with Gasteiger partial charge in [-0.3, -0.25) is 0 Å². The molecule has 0 amide bonds. The topological polar surface area (TPSA) is 137 Å². The highest BCUT2D eigenvalue weighted by molar-refractivity contribution is 7.92. The Kier molecular flexibility index (Phi) is 6.65. The van der Waals surface area contributed by atoms with Gasteiger partial charge in [0.1, 0.15) is 0 Å². The summed E-state index contributed by atoms with van der Waals surface area (Å²) >= 11 is 6.30. The predicted octanol–water partition coefficient (Wildman–Crippen LogP) is 4.00. The van der Waals surface area contributed by atoms with Crippen molar-refractivity contribution in [1.29, 1.82) is 0 Å². The van der Waals surface area contributed by atoms with Gasteiger partial charge in [-0.15, -0.1) is 10.2 Å². The van der Waals surface area contributed by atoms with Gasteiger partial charge in [-0.1, -0.05) is 29.8 Å². The Bertz CT molecular complexity index is 1440. The Morgan fingerprint density at radius 3 is 2.38 bits per heavy atom. The van der Waals surface area contributed by atoms with Crippen molar-refractivity contribution in [3.8, 4) is 34.3 Å². The number of benzene rings is 2. The summed E-state index contributed by atoms with van der Waals surface area (Å²) in [5.41, 5.74) is 9.13. The molecule has 0 spiro atoms. The van der Waals surface area contributed by atoms with E-state index in [9.17, 15) is 8.42 Å². The molecule has 0 radical (unpaired) electrons. The second-order valence-electron chi connectivity index (χ2n) is 7.87. The molecule has 0 aliphatic heterocycles. The van der Waals surface area contributed by atoms with Crippen LogP contribution in [0.3, 0.4) is 0 Å². The molecular formula is C23H23ClN6O3S. The van der Waals surface area contributed by atoms with Crippen LogP contribution in [0.15, 0.2) is 58.0 Å². The fraction of sp³-hybridized carbons (Fsp3) is 0.217. The van der Waals surface area contributed by atoms with E-state index in [1.165, 1.54) is 18.3 Å². The highest BCUT2D eigenvalue weighted by atomic mass is 35.5. The van der Waals surface area contributed by atoms with Crippen LogP contribution in [-0.2, 0) is 16.4 Å².